The first-order valence-electron chi connectivity index (χ1n) is 11.7. The number of hydrogen-bond donors (Lipinski definition) is 2. The van der Waals surface area contributed by atoms with Crippen LogP contribution in [0.25, 0.3) is 5.57 Å². The first-order chi connectivity index (χ1) is 16.4. The van der Waals surface area contributed by atoms with Crippen molar-refractivity contribution in [3.8, 4) is 11.8 Å². The summed E-state index contributed by atoms with van der Waals surface area (Å²) in [7, 11) is -4.02. The number of alkyl halides is 3. The first kappa shape index (κ1) is 26.8. The van der Waals surface area contributed by atoms with E-state index in [4.69, 9.17) is 0 Å². The Bertz CT molecular complexity index is 1170. The Morgan fingerprint density at radius 1 is 1.17 bits per heavy atom. The van der Waals surface area contributed by atoms with E-state index in [1.165, 1.54) is 12.1 Å². The number of nitrogens with one attached hydrogen (secondary N) is 2. The molecule has 2 amide bonds. The number of halogens is 3. The van der Waals surface area contributed by atoms with Gasteiger partial charge in [-0.05, 0) is 37.3 Å². The average molecular weight is 511 g/mol. The minimum atomic E-state index is -4.93. The predicted molar refractivity (Wildman–Crippen MR) is 126 cm³/mol. The molecule has 3 rings (SSSR count). The quantitative estimate of drug-likeness (QED) is 0.312. The second-order valence-electron chi connectivity index (χ2n) is 9.04. The Labute approximate surface area is 203 Å². The molecule has 1 saturated carbocycles. The molecular formula is C25H29F3N2O4S. The molecule has 0 radical (unpaired) electrons. The summed E-state index contributed by atoms with van der Waals surface area (Å²) in [5.41, 5.74) is -2.70. The fourth-order valence-corrected chi connectivity index (χ4v) is 5.13. The molecule has 1 aromatic rings. The molecule has 190 valence electrons. The van der Waals surface area contributed by atoms with Gasteiger partial charge in [-0.1, -0.05) is 61.9 Å². The van der Waals surface area contributed by atoms with Gasteiger partial charge in [-0.3, -0.25) is 9.59 Å². The molecule has 35 heavy (non-hydrogen) atoms. The largest absolute Gasteiger partial charge is 0.423 e. The van der Waals surface area contributed by atoms with Gasteiger partial charge < -0.3 is 5.32 Å². The van der Waals surface area contributed by atoms with Crippen molar-refractivity contribution in [3.05, 3.63) is 41.0 Å². The third-order valence-corrected chi connectivity index (χ3v) is 7.88. The number of hydrogen-bond acceptors (Lipinski definition) is 4. The van der Waals surface area contributed by atoms with E-state index in [1.54, 1.807) is 19.1 Å². The van der Waals surface area contributed by atoms with E-state index in [2.05, 4.69) is 11.8 Å². The summed E-state index contributed by atoms with van der Waals surface area (Å²) in [4.78, 5) is 25.9. The fraction of sp³-hybridized carbons (Fsp3) is 0.520. The highest BCUT2D eigenvalue weighted by Crippen LogP contribution is 2.42. The highest BCUT2D eigenvalue weighted by molar-refractivity contribution is 7.91. The Morgan fingerprint density at radius 2 is 1.83 bits per heavy atom. The van der Waals surface area contributed by atoms with Gasteiger partial charge in [-0.25, -0.2) is 13.1 Å². The van der Waals surface area contributed by atoms with Crippen LogP contribution in [0.2, 0.25) is 0 Å². The Kier molecular flexibility index (Phi) is 8.00. The molecule has 1 unspecified atom stereocenters. The molecule has 6 nitrogen and oxygen atoms in total. The molecule has 2 aliphatic rings. The maximum absolute atomic E-state index is 14.3. The molecule has 0 spiro atoms. The second-order valence-corrected chi connectivity index (χ2v) is 11.0. The van der Waals surface area contributed by atoms with Crippen molar-refractivity contribution in [2.45, 2.75) is 82.2 Å². The third kappa shape index (κ3) is 6.26. The van der Waals surface area contributed by atoms with Crippen LogP contribution in [-0.4, -0.2) is 37.2 Å². The van der Waals surface area contributed by atoms with Gasteiger partial charge in [0.2, 0.25) is 15.6 Å². The lowest BCUT2D eigenvalue weighted by atomic mass is 9.80. The lowest BCUT2D eigenvalue weighted by molar-refractivity contribution is -0.180. The molecule has 2 N–H and O–H groups in total. The summed E-state index contributed by atoms with van der Waals surface area (Å²) >= 11 is 0. The van der Waals surface area contributed by atoms with Crippen molar-refractivity contribution in [2.75, 3.05) is 0 Å². The number of sulfonamides is 1. The van der Waals surface area contributed by atoms with E-state index < -0.39 is 50.8 Å². The van der Waals surface area contributed by atoms with Crippen LogP contribution in [0.3, 0.4) is 0 Å². The third-order valence-electron chi connectivity index (χ3n) is 6.06. The number of benzene rings is 1. The standard InChI is InChI=1S/C25H29F3N2O4S/c1-3-4-5-6-7-8-15-24(25(26,27)28)16-20(18-11-9-17(2)10-12-18)21(22(31)29-24)23(32)30-35(33,34)19-13-14-19/h9-12,19H,3-7,13-14,16H2,1-2H3,(H,29,31)(H,30,32). The zero-order valence-corrected chi connectivity index (χ0v) is 20.5. The maximum atomic E-state index is 14.3. The second kappa shape index (κ2) is 10.4. The number of aryl methyl sites for hydroxylation is 1. The van der Waals surface area contributed by atoms with Crippen molar-refractivity contribution in [1.82, 2.24) is 10.0 Å². The van der Waals surface area contributed by atoms with Crippen LogP contribution in [-0.2, 0) is 19.6 Å². The molecule has 1 fully saturated rings. The van der Waals surface area contributed by atoms with E-state index in [9.17, 15) is 31.2 Å². The highest BCUT2D eigenvalue weighted by Gasteiger charge is 2.58. The zero-order valence-electron chi connectivity index (χ0n) is 19.7. The number of rotatable bonds is 8. The molecule has 0 saturated heterocycles. The normalized spacial score (nSPS) is 20.7. The maximum Gasteiger partial charge on any atom is 0.423 e. The van der Waals surface area contributed by atoms with Crippen LogP contribution < -0.4 is 10.0 Å². The van der Waals surface area contributed by atoms with Crippen LogP contribution in [0, 0.1) is 18.8 Å². The van der Waals surface area contributed by atoms with Gasteiger partial charge in [-0.2, -0.15) is 13.2 Å². The van der Waals surface area contributed by atoms with E-state index in [1.807, 2.05) is 17.0 Å². The molecular weight excluding hydrogens is 481 g/mol. The lowest BCUT2D eigenvalue weighted by Crippen LogP contribution is -2.61. The van der Waals surface area contributed by atoms with E-state index >= 15 is 0 Å². The van der Waals surface area contributed by atoms with Gasteiger partial charge in [0.15, 0.2) is 0 Å². The van der Waals surface area contributed by atoms with Crippen molar-refractivity contribution in [3.63, 3.8) is 0 Å². The smallest absolute Gasteiger partial charge is 0.328 e. The average Bonchev–Trinajstić information content (AvgIpc) is 3.61. The molecule has 1 heterocycles. The topological polar surface area (TPSA) is 92.3 Å². The molecule has 1 aliphatic carbocycles. The van der Waals surface area contributed by atoms with Gasteiger partial charge in [0.05, 0.1) is 5.25 Å². The van der Waals surface area contributed by atoms with E-state index in [0.717, 1.165) is 24.8 Å². The van der Waals surface area contributed by atoms with Crippen LogP contribution in [0.5, 0.6) is 0 Å². The van der Waals surface area contributed by atoms with Crippen LogP contribution in [0.15, 0.2) is 29.8 Å². The number of carbonyl (C=O) groups excluding carboxylic acids is 2. The number of amides is 2. The van der Waals surface area contributed by atoms with Gasteiger partial charge in [0, 0.05) is 12.8 Å². The van der Waals surface area contributed by atoms with Gasteiger partial charge in [0.1, 0.15) is 5.57 Å². The summed E-state index contributed by atoms with van der Waals surface area (Å²) in [5.74, 6) is 2.25. The van der Waals surface area contributed by atoms with Crippen LogP contribution in [0.4, 0.5) is 13.2 Å². The van der Waals surface area contributed by atoms with Crippen molar-refractivity contribution < 1.29 is 31.2 Å². The minimum absolute atomic E-state index is 0.199. The van der Waals surface area contributed by atoms with Crippen LogP contribution >= 0.6 is 0 Å². The first-order valence-corrected chi connectivity index (χ1v) is 13.2. The monoisotopic (exact) mass is 510 g/mol. The fourth-order valence-electron chi connectivity index (χ4n) is 3.85. The van der Waals surface area contributed by atoms with E-state index in [0.29, 0.717) is 19.3 Å². The molecule has 1 atom stereocenters. The summed E-state index contributed by atoms with van der Waals surface area (Å²) in [5, 5.41) is 1.15. The number of unbranched alkanes of at least 4 members (excludes halogenated alkanes) is 4. The SMILES string of the molecule is CCCCCCC#CC1(C(F)(F)F)CC(c2ccc(C)cc2)=C(C(=O)NS(=O)(=O)C2CC2)C(=O)N1. The molecule has 10 heteroatoms. The van der Waals surface area contributed by atoms with E-state index in [-0.39, 0.29) is 17.6 Å². The van der Waals surface area contributed by atoms with Gasteiger partial charge in [-0.15, -0.1) is 5.92 Å². The summed E-state index contributed by atoms with van der Waals surface area (Å²) < 4.78 is 69.4. The Hall–Kier alpha value is -2.80. The summed E-state index contributed by atoms with van der Waals surface area (Å²) in [6, 6.07) is 6.29. The van der Waals surface area contributed by atoms with Crippen molar-refractivity contribution in [2.24, 2.45) is 0 Å². The minimum Gasteiger partial charge on any atom is -0.328 e. The molecule has 0 aromatic heterocycles. The molecule has 1 aromatic carbocycles. The summed E-state index contributed by atoms with van der Waals surface area (Å²) in [6.07, 6.45) is -1.36. The Morgan fingerprint density at radius 3 is 2.40 bits per heavy atom. The highest BCUT2D eigenvalue weighted by atomic mass is 32.2. The molecule has 0 bridgehead atoms. The van der Waals surface area contributed by atoms with Gasteiger partial charge in [0.25, 0.3) is 11.8 Å². The lowest BCUT2D eigenvalue weighted by Gasteiger charge is -2.37. The van der Waals surface area contributed by atoms with Gasteiger partial charge >= 0.3 is 6.18 Å². The van der Waals surface area contributed by atoms with Crippen LogP contribution in [0.1, 0.15) is 69.4 Å². The summed E-state index contributed by atoms with van der Waals surface area (Å²) in [6.45, 7) is 3.80. The number of carbonyl (C=O) groups is 2. The Balaban J connectivity index is 2.04. The van der Waals surface area contributed by atoms with Crippen molar-refractivity contribution in [1.29, 1.82) is 0 Å². The molecule has 1 aliphatic heterocycles. The predicted octanol–water partition coefficient (Wildman–Crippen LogP) is 4.15. The van der Waals surface area contributed by atoms with Crippen molar-refractivity contribution >= 4 is 27.4 Å². The zero-order chi connectivity index (χ0) is 25.9.